The first kappa shape index (κ1) is 18.0. The lowest BCUT2D eigenvalue weighted by Crippen LogP contribution is -2.39. The second-order valence-electron chi connectivity index (χ2n) is 7.79. The molecule has 4 N–H and O–H groups in total. The zero-order valence-corrected chi connectivity index (χ0v) is 16.1. The minimum absolute atomic E-state index is 0.0506. The Bertz CT molecular complexity index is 1030. The monoisotopic (exact) mass is 393 g/mol. The molecule has 2 aliphatic heterocycles. The lowest BCUT2D eigenvalue weighted by molar-refractivity contribution is -0.115. The molecule has 0 unspecified atom stereocenters. The molecular formula is C20H23N7O2. The lowest BCUT2D eigenvalue weighted by Gasteiger charge is -2.38. The molecule has 9 nitrogen and oxygen atoms in total. The molecule has 2 bridgehead atoms. The third kappa shape index (κ3) is 3.12. The van der Waals surface area contributed by atoms with Gasteiger partial charge in [0.15, 0.2) is 0 Å². The van der Waals surface area contributed by atoms with Gasteiger partial charge >= 0.3 is 0 Å². The molecule has 0 radical (unpaired) electrons. The lowest BCUT2D eigenvalue weighted by atomic mass is 9.81. The van der Waals surface area contributed by atoms with Gasteiger partial charge in [0.2, 0.25) is 0 Å². The van der Waals surface area contributed by atoms with Gasteiger partial charge < -0.3 is 20.6 Å². The van der Waals surface area contributed by atoms with Crippen molar-refractivity contribution in [2.24, 2.45) is 7.05 Å². The average Bonchev–Trinajstić information content (AvgIpc) is 3.43. The maximum Gasteiger partial charge on any atom is 0.141 e. The molecule has 9 heteroatoms. The summed E-state index contributed by atoms with van der Waals surface area (Å²) < 4.78 is 7.69. The predicted molar refractivity (Wildman–Crippen MR) is 107 cm³/mol. The Kier molecular flexibility index (Phi) is 4.21. The van der Waals surface area contributed by atoms with Crippen LogP contribution in [0.1, 0.15) is 36.8 Å². The first-order valence-electron chi connectivity index (χ1n) is 9.74. The molecule has 0 aromatic carbocycles. The summed E-state index contributed by atoms with van der Waals surface area (Å²) >= 11 is 0. The number of aryl methyl sites for hydroxylation is 1. The Morgan fingerprint density at radius 1 is 1.31 bits per heavy atom. The SMILES string of the molecule is Cn1nccc1-c1cc([C@]2(O)C[C@H]3CC[C@@H](C2)O3)c(C=N)c(Nc2ccn[nH]2)n1. The van der Waals surface area contributed by atoms with Crippen molar-refractivity contribution in [3.05, 3.63) is 41.7 Å². The number of hydrogen-bond acceptors (Lipinski definition) is 7. The first-order chi connectivity index (χ1) is 14.1. The van der Waals surface area contributed by atoms with E-state index in [0.29, 0.717) is 41.3 Å². The largest absolute Gasteiger partial charge is 0.385 e. The highest BCUT2D eigenvalue weighted by Gasteiger charge is 2.46. The maximum absolute atomic E-state index is 11.7. The third-order valence-corrected chi connectivity index (χ3v) is 5.87. The predicted octanol–water partition coefficient (Wildman–Crippen LogP) is 2.48. The van der Waals surface area contributed by atoms with Gasteiger partial charge in [-0.15, -0.1) is 0 Å². The van der Waals surface area contributed by atoms with Gasteiger partial charge in [0.05, 0.1) is 35.4 Å². The molecule has 2 saturated heterocycles. The highest BCUT2D eigenvalue weighted by Crippen LogP contribution is 2.46. The van der Waals surface area contributed by atoms with Crippen molar-refractivity contribution in [2.45, 2.75) is 43.5 Å². The molecule has 0 amide bonds. The number of hydrogen-bond donors (Lipinski definition) is 4. The van der Waals surface area contributed by atoms with Gasteiger partial charge in [0, 0.05) is 43.9 Å². The Labute approximate surface area is 167 Å². The van der Waals surface area contributed by atoms with Crippen LogP contribution < -0.4 is 5.32 Å². The van der Waals surface area contributed by atoms with Crippen molar-refractivity contribution in [2.75, 3.05) is 5.32 Å². The minimum Gasteiger partial charge on any atom is -0.385 e. The van der Waals surface area contributed by atoms with Gasteiger partial charge in [-0.3, -0.25) is 9.78 Å². The molecule has 0 aliphatic carbocycles. The summed E-state index contributed by atoms with van der Waals surface area (Å²) in [5, 5.41) is 34.0. The highest BCUT2D eigenvalue weighted by atomic mass is 16.5. The van der Waals surface area contributed by atoms with Crippen molar-refractivity contribution in [1.29, 1.82) is 5.41 Å². The molecule has 3 atom stereocenters. The summed E-state index contributed by atoms with van der Waals surface area (Å²) in [5.74, 6) is 1.15. The van der Waals surface area contributed by atoms with Crippen LogP contribution in [0.2, 0.25) is 0 Å². The normalized spacial score (nSPS) is 25.9. The number of pyridine rings is 1. The van der Waals surface area contributed by atoms with E-state index in [1.165, 1.54) is 6.21 Å². The van der Waals surface area contributed by atoms with Crippen molar-refractivity contribution in [3.8, 4) is 11.4 Å². The fraction of sp³-hybridized carbons (Fsp3) is 0.400. The fourth-order valence-electron chi connectivity index (χ4n) is 4.53. The molecule has 5 heterocycles. The quantitative estimate of drug-likeness (QED) is 0.494. The van der Waals surface area contributed by atoms with Gasteiger partial charge in [-0.25, -0.2) is 4.98 Å². The smallest absolute Gasteiger partial charge is 0.141 e. The summed E-state index contributed by atoms with van der Waals surface area (Å²) in [7, 11) is 1.85. The number of nitrogens with one attached hydrogen (secondary N) is 3. The molecule has 5 rings (SSSR count). The van der Waals surface area contributed by atoms with Crippen LogP contribution in [0.15, 0.2) is 30.6 Å². The second-order valence-corrected chi connectivity index (χ2v) is 7.79. The van der Waals surface area contributed by atoms with Crippen molar-refractivity contribution < 1.29 is 9.84 Å². The summed E-state index contributed by atoms with van der Waals surface area (Å²) in [6.07, 6.45) is 7.67. The molecule has 3 aromatic rings. The van der Waals surface area contributed by atoms with E-state index in [1.54, 1.807) is 23.1 Å². The molecule has 0 spiro atoms. The first-order valence-corrected chi connectivity index (χ1v) is 9.74. The van der Waals surface area contributed by atoms with Gasteiger partial charge in [-0.2, -0.15) is 10.2 Å². The maximum atomic E-state index is 11.7. The van der Waals surface area contributed by atoms with Gasteiger partial charge in [-0.1, -0.05) is 0 Å². The Morgan fingerprint density at radius 3 is 2.72 bits per heavy atom. The van der Waals surface area contributed by atoms with Crippen LogP contribution in [-0.4, -0.2) is 48.5 Å². The topological polar surface area (TPSA) is 125 Å². The van der Waals surface area contributed by atoms with Crippen molar-refractivity contribution >= 4 is 17.9 Å². The number of aromatic amines is 1. The van der Waals surface area contributed by atoms with Crippen LogP contribution in [0.4, 0.5) is 11.6 Å². The van der Waals surface area contributed by atoms with Crippen LogP contribution in [0, 0.1) is 5.41 Å². The van der Waals surface area contributed by atoms with Crippen molar-refractivity contribution in [1.82, 2.24) is 25.0 Å². The number of aromatic nitrogens is 5. The highest BCUT2D eigenvalue weighted by molar-refractivity contribution is 5.89. The average molecular weight is 393 g/mol. The molecule has 3 aromatic heterocycles. The summed E-state index contributed by atoms with van der Waals surface area (Å²) in [6, 6.07) is 5.56. The van der Waals surface area contributed by atoms with Gasteiger partial charge in [0.25, 0.3) is 0 Å². The minimum atomic E-state index is -1.07. The number of nitrogens with zero attached hydrogens (tertiary/aromatic N) is 4. The zero-order valence-electron chi connectivity index (χ0n) is 16.1. The number of H-pyrrole nitrogens is 1. The van der Waals surface area contributed by atoms with E-state index in [1.807, 2.05) is 19.2 Å². The second kappa shape index (κ2) is 6.78. The van der Waals surface area contributed by atoms with E-state index < -0.39 is 5.60 Å². The Morgan fingerprint density at radius 2 is 2.10 bits per heavy atom. The van der Waals surface area contributed by atoms with Crippen LogP contribution in [-0.2, 0) is 17.4 Å². The Hall–Kier alpha value is -3.04. The van der Waals surface area contributed by atoms with Gasteiger partial charge in [0.1, 0.15) is 11.6 Å². The third-order valence-electron chi connectivity index (χ3n) is 5.87. The summed E-state index contributed by atoms with van der Waals surface area (Å²) in [4.78, 5) is 4.75. The van der Waals surface area contributed by atoms with Gasteiger partial charge in [-0.05, 0) is 30.5 Å². The zero-order chi connectivity index (χ0) is 20.0. The van der Waals surface area contributed by atoms with E-state index in [9.17, 15) is 5.11 Å². The molecule has 150 valence electrons. The number of rotatable bonds is 5. The summed E-state index contributed by atoms with van der Waals surface area (Å²) in [5.41, 5.74) is 1.70. The van der Waals surface area contributed by atoms with Crippen LogP contribution >= 0.6 is 0 Å². The number of aliphatic hydroxyl groups is 1. The molecular weight excluding hydrogens is 370 g/mol. The van der Waals surface area contributed by atoms with Crippen LogP contribution in [0.5, 0.6) is 0 Å². The van der Waals surface area contributed by atoms with Crippen molar-refractivity contribution in [3.63, 3.8) is 0 Å². The number of anilines is 2. The Balaban J connectivity index is 1.68. The van der Waals surface area contributed by atoms with E-state index >= 15 is 0 Å². The standard InChI is InChI=1S/C20H23N7O2/c1-27-17(4-7-23-27)16-8-15(20(28)9-12-2-3-13(10-20)29-12)14(11-21)19(24-16)25-18-5-6-22-26-18/h4-8,11-13,21,28H,2-3,9-10H2,1H3,(H2,22,24,25,26)/t12-,13+,20+. The van der Waals surface area contributed by atoms with E-state index in [4.69, 9.17) is 15.1 Å². The molecule has 0 saturated carbocycles. The number of fused-ring (bicyclic) bond motifs is 2. The fourth-order valence-corrected chi connectivity index (χ4v) is 4.53. The molecule has 2 aliphatic rings. The number of ether oxygens (including phenoxy) is 1. The molecule has 2 fully saturated rings. The van der Waals surface area contributed by atoms with Crippen LogP contribution in [0.25, 0.3) is 11.4 Å². The van der Waals surface area contributed by atoms with Crippen LogP contribution in [0.3, 0.4) is 0 Å². The molecule has 29 heavy (non-hydrogen) atoms. The van der Waals surface area contributed by atoms with E-state index in [-0.39, 0.29) is 12.2 Å². The van der Waals surface area contributed by atoms with E-state index in [0.717, 1.165) is 18.5 Å². The summed E-state index contributed by atoms with van der Waals surface area (Å²) in [6.45, 7) is 0. The van der Waals surface area contributed by atoms with E-state index in [2.05, 4.69) is 20.6 Å².